The highest BCUT2D eigenvalue weighted by molar-refractivity contribution is 6.07. The number of nitrogens with one attached hydrogen (secondary N) is 1. The fraction of sp³-hybridized carbons (Fsp3) is 0.0870. The van der Waals surface area contributed by atoms with E-state index in [0.29, 0.717) is 5.56 Å². The summed E-state index contributed by atoms with van der Waals surface area (Å²) in [7, 11) is 1.57. The summed E-state index contributed by atoms with van der Waals surface area (Å²) < 4.78 is 5.50. The molecule has 4 aromatic rings. The normalized spacial score (nSPS) is 11.9. The molecule has 0 spiro atoms. The first-order valence-electron chi connectivity index (χ1n) is 8.95. The Balaban J connectivity index is 1.75. The minimum atomic E-state index is -0.537. The van der Waals surface area contributed by atoms with E-state index < -0.39 is 6.23 Å². The Labute approximate surface area is 163 Å². The number of methoxy groups -OCH3 is 1. The van der Waals surface area contributed by atoms with E-state index in [0.717, 1.165) is 27.7 Å². The molecule has 1 amide bonds. The Bertz CT molecular complexity index is 1100. The first-order valence-corrected chi connectivity index (χ1v) is 8.95. The van der Waals surface area contributed by atoms with Crippen LogP contribution in [0.1, 0.15) is 22.1 Å². The minimum Gasteiger partial charge on any atom is -0.357 e. The smallest absolute Gasteiger partial charge is 0.254 e. The molecule has 0 bridgehead atoms. The van der Waals surface area contributed by atoms with Crippen molar-refractivity contribution in [2.75, 3.05) is 7.11 Å². The number of ether oxygens (including phenoxy) is 1. The summed E-state index contributed by atoms with van der Waals surface area (Å²) >= 11 is 0. The lowest BCUT2D eigenvalue weighted by molar-refractivity contribution is 0.0576. The lowest BCUT2D eigenvalue weighted by atomic mass is 10.0. The largest absolute Gasteiger partial charge is 0.357 e. The van der Waals surface area contributed by atoms with Crippen LogP contribution < -0.4 is 5.32 Å². The summed E-state index contributed by atoms with van der Waals surface area (Å²) in [6, 6.07) is 22.8. The van der Waals surface area contributed by atoms with Crippen molar-refractivity contribution in [3.63, 3.8) is 0 Å². The van der Waals surface area contributed by atoms with Gasteiger partial charge < -0.3 is 10.1 Å². The van der Waals surface area contributed by atoms with Crippen molar-refractivity contribution >= 4 is 16.8 Å². The summed E-state index contributed by atoms with van der Waals surface area (Å²) in [4.78, 5) is 21.9. The third kappa shape index (κ3) is 3.61. The minimum absolute atomic E-state index is 0.218. The number of pyridine rings is 2. The molecule has 0 radical (unpaired) electrons. The van der Waals surface area contributed by atoms with Gasteiger partial charge in [0.05, 0.1) is 16.8 Å². The topological polar surface area (TPSA) is 64.1 Å². The Hall–Kier alpha value is -3.57. The van der Waals surface area contributed by atoms with Gasteiger partial charge in [-0.05, 0) is 24.3 Å². The van der Waals surface area contributed by atoms with Gasteiger partial charge in [0.2, 0.25) is 0 Å². The predicted molar refractivity (Wildman–Crippen MR) is 109 cm³/mol. The third-order valence-corrected chi connectivity index (χ3v) is 4.54. The zero-order valence-corrected chi connectivity index (χ0v) is 15.4. The van der Waals surface area contributed by atoms with Crippen LogP contribution in [-0.2, 0) is 4.74 Å². The van der Waals surface area contributed by atoms with Crippen molar-refractivity contribution < 1.29 is 9.53 Å². The molecule has 1 unspecified atom stereocenters. The second-order valence-electron chi connectivity index (χ2n) is 6.31. The fourth-order valence-corrected chi connectivity index (χ4v) is 3.14. The summed E-state index contributed by atoms with van der Waals surface area (Å²) in [6.07, 6.45) is 2.88. The van der Waals surface area contributed by atoms with E-state index in [4.69, 9.17) is 9.72 Å². The highest BCUT2D eigenvalue weighted by atomic mass is 16.5. The molecule has 4 rings (SSSR count). The summed E-state index contributed by atoms with van der Waals surface area (Å²) in [5, 5.41) is 3.76. The molecule has 0 aliphatic rings. The highest BCUT2D eigenvalue weighted by Gasteiger charge is 2.18. The van der Waals surface area contributed by atoms with Crippen LogP contribution in [0.15, 0.2) is 85.2 Å². The van der Waals surface area contributed by atoms with Crippen LogP contribution in [0.4, 0.5) is 0 Å². The van der Waals surface area contributed by atoms with Gasteiger partial charge in [-0.15, -0.1) is 0 Å². The number of nitrogens with zero attached hydrogens (tertiary/aromatic N) is 2. The molecule has 2 aromatic heterocycles. The molecular weight excluding hydrogens is 350 g/mol. The predicted octanol–water partition coefficient (Wildman–Crippen LogP) is 4.37. The molecule has 0 aliphatic carbocycles. The SMILES string of the molecule is COC(NC(=O)c1cc(-c2ccncc2)nc2ccccc12)c1ccccc1. The van der Waals surface area contributed by atoms with Gasteiger partial charge in [-0.1, -0.05) is 48.5 Å². The molecule has 138 valence electrons. The van der Waals surface area contributed by atoms with Crippen molar-refractivity contribution in [1.82, 2.24) is 15.3 Å². The Kier molecular flexibility index (Phi) is 5.08. The van der Waals surface area contributed by atoms with Gasteiger partial charge in [-0.3, -0.25) is 9.78 Å². The van der Waals surface area contributed by atoms with Crippen LogP contribution in [0, 0.1) is 0 Å². The van der Waals surface area contributed by atoms with E-state index in [2.05, 4.69) is 10.3 Å². The molecule has 0 fully saturated rings. The quantitative estimate of drug-likeness (QED) is 0.531. The number of aromatic nitrogens is 2. The number of fused-ring (bicyclic) bond motifs is 1. The van der Waals surface area contributed by atoms with Crippen molar-refractivity contribution in [2.45, 2.75) is 6.23 Å². The molecule has 2 heterocycles. The van der Waals surface area contributed by atoms with E-state index in [-0.39, 0.29) is 5.91 Å². The van der Waals surface area contributed by atoms with E-state index in [1.807, 2.05) is 72.8 Å². The van der Waals surface area contributed by atoms with Crippen molar-refractivity contribution in [3.05, 3.63) is 96.3 Å². The maximum absolute atomic E-state index is 13.2. The Morgan fingerprint density at radius 1 is 0.964 bits per heavy atom. The molecule has 1 N–H and O–H groups in total. The van der Waals surface area contributed by atoms with Gasteiger partial charge in [0.15, 0.2) is 6.23 Å². The molecule has 5 nitrogen and oxygen atoms in total. The molecular formula is C23H19N3O2. The van der Waals surface area contributed by atoms with Crippen molar-refractivity contribution in [3.8, 4) is 11.3 Å². The van der Waals surface area contributed by atoms with Crippen LogP contribution in [0.2, 0.25) is 0 Å². The first-order chi connectivity index (χ1) is 13.8. The van der Waals surface area contributed by atoms with Gasteiger partial charge in [0.25, 0.3) is 5.91 Å². The second kappa shape index (κ2) is 7.98. The van der Waals surface area contributed by atoms with Crippen LogP contribution in [0.25, 0.3) is 22.2 Å². The lowest BCUT2D eigenvalue weighted by Crippen LogP contribution is -2.30. The van der Waals surface area contributed by atoms with E-state index in [9.17, 15) is 4.79 Å². The van der Waals surface area contributed by atoms with E-state index >= 15 is 0 Å². The summed E-state index contributed by atoms with van der Waals surface area (Å²) in [5.41, 5.74) is 3.82. The van der Waals surface area contributed by atoms with Crippen LogP contribution in [0.3, 0.4) is 0 Å². The number of hydrogen-bond acceptors (Lipinski definition) is 4. The van der Waals surface area contributed by atoms with E-state index in [1.54, 1.807) is 19.5 Å². The van der Waals surface area contributed by atoms with Gasteiger partial charge in [0.1, 0.15) is 0 Å². The summed E-state index contributed by atoms with van der Waals surface area (Å²) in [5.74, 6) is -0.218. The van der Waals surface area contributed by atoms with Gasteiger partial charge in [-0.25, -0.2) is 4.98 Å². The molecule has 0 aliphatic heterocycles. The molecule has 0 saturated heterocycles. The van der Waals surface area contributed by atoms with Gasteiger partial charge in [-0.2, -0.15) is 0 Å². The number of carbonyl (C=O) groups excluding carboxylic acids is 1. The number of rotatable bonds is 5. The molecule has 0 saturated carbocycles. The Morgan fingerprint density at radius 3 is 2.43 bits per heavy atom. The van der Waals surface area contributed by atoms with Crippen molar-refractivity contribution in [1.29, 1.82) is 0 Å². The molecule has 5 heteroatoms. The average molecular weight is 369 g/mol. The number of carbonyl (C=O) groups is 1. The van der Waals surface area contributed by atoms with Crippen molar-refractivity contribution in [2.24, 2.45) is 0 Å². The second-order valence-corrected chi connectivity index (χ2v) is 6.31. The number of benzene rings is 2. The van der Waals surface area contributed by atoms with Gasteiger partial charge >= 0.3 is 0 Å². The van der Waals surface area contributed by atoms with E-state index in [1.165, 1.54) is 0 Å². The number of hydrogen-bond donors (Lipinski definition) is 1. The first kappa shape index (κ1) is 17.8. The standard InChI is InChI=1S/C23H19N3O2/c1-28-23(17-7-3-2-4-8-17)26-22(27)19-15-21(16-11-13-24-14-12-16)25-20-10-6-5-9-18(19)20/h2-15,23H,1H3,(H,26,27). The highest BCUT2D eigenvalue weighted by Crippen LogP contribution is 2.25. The molecule has 28 heavy (non-hydrogen) atoms. The lowest BCUT2D eigenvalue weighted by Gasteiger charge is -2.18. The summed E-state index contributed by atoms with van der Waals surface area (Å²) in [6.45, 7) is 0. The third-order valence-electron chi connectivity index (χ3n) is 4.54. The monoisotopic (exact) mass is 369 g/mol. The van der Waals surface area contributed by atoms with Crippen LogP contribution in [0.5, 0.6) is 0 Å². The Morgan fingerprint density at radius 2 is 1.68 bits per heavy atom. The zero-order valence-electron chi connectivity index (χ0n) is 15.4. The van der Waals surface area contributed by atoms with Crippen LogP contribution in [-0.4, -0.2) is 23.0 Å². The molecule has 1 atom stereocenters. The maximum Gasteiger partial charge on any atom is 0.254 e. The average Bonchev–Trinajstić information content (AvgIpc) is 2.77. The maximum atomic E-state index is 13.2. The number of para-hydroxylation sites is 1. The zero-order chi connectivity index (χ0) is 19.3. The van der Waals surface area contributed by atoms with Crippen LogP contribution >= 0.6 is 0 Å². The van der Waals surface area contributed by atoms with Gasteiger partial charge in [0, 0.05) is 36.0 Å². The fourth-order valence-electron chi connectivity index (χ4n) is 3.14. The number of amides is 1. The molecule has 2 aromatic carbocycles.